The third-order valence-electron chi connectivity index (χ3n) is 4.65. The molecule has 180 valence electrons. The topological polar surface area (TPSA) is 109 Å². The van der Waals surface area contributed by atoms with Gasteiger partial charge in [-0.05, 0) is 65.3 Å². The molecule has 3 atom stereocenters. The lowest BCUT2D eigenvalue weighted by Gasteiger charge is -2.18. The summed E-state index contributed by atoms with van der Waals surface area (Å²) in [4.78, 5) is 0. The maximum absolute atomic E-state index is 10.2. The minimum Gasteiger partial charge on any atom is -0.496 e. The summed E-state index contributed by atoms with van der Waals surface area (Å²) in [5.41, 5.74) is 2.61. The number of aliphatic hydroxyl groups excluding tert-OH is 4. The van der Waals surface area contributed by atoms with Crippen molar-refractivity contribution in [1.29, 1.82) is 0 Å². The van der Waals surface area contributed by atoms with Crippen LogP contribution in [0.2, 0.25) is 0 Å². The number of allylic oxidation sites excluding steroid dienone is 1. The molecule has 1 aliphatic rings. The molecule has 2 rings (SSSR count). The first-order valence-electron chi connectivity index (χ1n) is 10.7. The van der Waals surface area contributed by atoms with Gasteiger partial charge in [-0.25, -0.2) is 0 Å². The maximum Gasteiger partial charge on any atom is 0.130 e. The normalized spacial score (nSPS) is 16.8. The Kier molecular flexibility index (Phi) is 11.0. The van der Waals surface area contributed by atoms with E-state index in [1.54, 1.807) is 53.9 Å². The lowest BCUT2D eigenvalue weighted by Crippen LogP contribution is -2.14. The molecule has 1 aliphatic carbocycles. The van der Waals surface area contributed by atoms with E-state index in [9.17, 15) is 15.3 Å². The van der Waals surface area contributed by atoms with Crippen molar-refractivity contribution in [1.82, 2.24) is 0 Å². The molecule has 0 amide bonds. The van der Waals surface area contributed by atoms with Crippen molar-refractivity contribution >= 4 is 0 Å². The molecular weight excluding hydrogens is 412 g/mol. The van der Waals surface area contributed by atoms with Gasteiger partial charge < -0.3 is 34.6 Å². The number of hydrogen-bond acceptors (Lipinski definition) is 7. The number of methoxy groups -OCH3 is 2. The first-order valence-corrected chi connectivity index (χ1v) is 10.7. The molecule has 7 nitrogen and oxygen atoms in total. The van der Waals surface area contributed by atoms with Crippen molar-refractivity contribution in [2.75, 3.05) is 14.2 Å². The quantitative estimate of drug-likeness (QED) is 0.502. The van der Waals surface area contributed by atoms with Gasteiger partial charge >= 0.3 is 0 Å². The van der Waals surface area contributed by atoms with Gasteiger partial charge in [-0.3, -0.25) is 0 Å². The van der Waals surface area contributed by atoms with Crippen LogP contribution in [-0.4, -0.2) is 53.0 Å². The Morgan fingerprint density at radius 3 is 1.88 bits per heavy atom. The average Bonchev–Trinajstić information content (AvgIpc) is 2.86. The Labute approximate surface area is 191 Å². The zero-order valence-corrected chi connectivity index (χ0v) is 20.3. The van der Waals surface area contributed by atoms with Crippen molar-refractivity contribution in [2.24, 2.45) is 0 Å². The van der Waals surface area contributed by atoms with Crippen LogP contribution in [0.15, 0.2) is 46.9 Å². The molecule has 0 aromatic heterocycles. The number of aryl methyl sites for hydroxylation is 1. The van der Waals surface area contributed by atoms with Gasteiger partial charge in [-0.1, -0.05) is 6.08 Å². The molecular formula is C25H38O7. The highest BCUT2D eigenvalue weighted by Gasteiger charge is 2.23. The Balaban J connectivity index is 0.00000118. The van der Waals surface area contributed by atoms with Crippen LogP contribution >= 0.6 is 0 Å². The van der Waals surface area contributed by atoms with Gasteiger partial charge in [0.15, 0.2) is 0 Å². The van der Waals surface area contributed by atoms with Crippen molar-refractivity contribution in [3.05, 3.63) is 58.1 Å². The molecule has 0 heterocycles. The molecule has 0 saturated heterocycles. The molecule has 32 heavy (non-hydrogen) atoms. The fourth-order valence-electron chi connectivity index (χ4n) is 3.31. The summed E-state index contributed by atoms with van der Waals surface area (Å²) in [7, 11) is 3.08. The second kappa shape index (κ2) is 12.6. The van der Waals surface area contributed by atoms with Crippen LogP contribution in [0.4, 0.5) is 0 Å². The largest absolute Gasteiger partial charge is 0.496 e. The molecule has 0 saturated carbocycles. The molecule has 0 fully saturated rings. The van der Waals surface area contributed by atoms with E-state index in [0.29, 0.717) is 46.1 Å². The summed E-state index contributed by atoms with van der Waals surface area (Å²) in [6.45, 7) is 10.3. The van der Waals surface area contributed by atoms with E-state index in [1.807, 2.05) is 19.1 Å². The molecule has 0 aliphatic heterocycles. The van der Waals surface area contributed by atoms with Crippen molar-refractivity contribution < 1.29 is 34.6 Å². The highest BCUT2D eigenvalue weighted by atomic mass is 16.5. The Morgan fingerprint density at radius 1 is 0.844 bits per heavy atom. The van der Waals surface area contributed by atoms with Gasteiger partial charge in [0.05, 0.1) is 32.5 Å². The number of hydrogen-bond donors (Lipinski definition) is 4. The summed E-state index contributed by atoms with van der Waals surface area (Å²) in [5.74, 6) is 2.21. The number of rotatable bonds is 7. The Hall–Kier alpha value is -2.32. The highest BCUT2D eigenvalue weighted by molar-refractivity contribution is 5.49. The zero-order chi connectivity index (χ0) is 24.6. The smallest absolute Gasteiger partial charge is 0.130 e. The van der Waals surface area contributed by atoms with Gasteiger partial charge in [0, 0.05) is 29.2 Å². The molecule has 0 bridgehead atoms. The number of ether oxygens (including phenoxy) is 3. The van der Waals surface area contributed by atoms with E-state index in [4.69, 9.17) is 19.3 Å². The van der Waals surface area contributed by atoms with E-state index in [0.717, 1.165) is 5.56 Å². The number of benzene rings is 1. The van der Waals surface area contributed by atoms with Crippen LogP contribution in [0.5, 0.6) is 11.5 Å². The molecule has 3 unspecified atom stereocenters. The van der Waals surface area contributed by atoms with E-state index < -0.39 is 18.3 Å². The first-order chi connectivity index (χ1) is 14.9. The zero-order valence-electron chi connectivity index (χ0n) is 20.3. The lowest BCUT2D eigenvalue weighted by molar-refractivity contribution is 0.193. The Bertz CT molecular complexity index is 843. The molecule has 1 aromatic carbocycles. The highest BCUT2D eigenvalue weighted by Crippen LogP contribution is 2.35. The molecule has 1 aromatic rings. The first kappa shape index (κ1) is 27.7. The third kappa shape index (κ3) is 7.67. The van der Waals surface area contributed by atoms with Crippen molar-refractivity contribution in [2.45, 2.75) is 72.4 Å². The summed E-state index contributed by atoms with van der Waals surface area (Å²) in [6.07, 6.45) is 1.54. The van der Waals surface area contributed by atoms with Crippen LogP contribution in [0.3, 0.4) is 0 Å². The predicted octanol–water partition coefficient (Wildman–Crippen LogP) is 3.70. The summed E-state index contributed by atoms with van der Waals surface area (Å²) in [5, 5.41) is 38.4. The Morgan fingerprint density at radius 2 is 1.44 bits per heavy atom. The standard InChI is InChI=1S/C22H30O6.C3H8O/c1-12-9-17(11-19(14(3)24)21(12)26-5)28-16-7-8-18(13(2)23)22(27-6)20(10-16)15(4)25;1-3(2)4/h8-11,13-15,23-25H,7H2,1-6H3;3-4H,1-2H3. The fourth-order valence-corrected chi connectivity index (χ4v) is 3.31. The predicted molar refractivity (Wildman–Crippen MR) is 125 cm³/mol. The van der Waals surface area contributed by atoms with E-state index in [2.05, 4.69) is 0 Å². The minimum absolute atomic E-state index is 0.167. The van der Waals surface area contributed by atoms with Crippen LogP contribution in [0.1, 0.15) is 58.3 Å². The van der Waals surface area contributed by atoms with Crippen LogP contribution in [-0.2, 0) is 4.74 Å². The van der Waals surface area contributed by atoms with Crippen LogP contribution < -0.4 is 9.47 Å². The third-order valence-corrected chi connectivity index (χ3v) is 4.65. The molecule has 4 N–H and O–H groups in total. The molecule has 7 heteroatoms. The SMILES string of the molecule is CC(C)O.COC1=C(C(C)O)C=C(Oc2cc(C)c(OC)c(C(C)O)c2)CC=C1C(C)O. The van der Waals surface area contributed by atoms with Gasteiger partial charge in [0.1, 0.15) is 23.0 Å². The maximum atomic E-state index is 10.2. The summed E-state index contributed by atoms with van der Waals surface area (Å²) >= 11 is 0. The van der Waals surface area contributed by atoms with Crippen molar-refractivity contribution in [3.8, 4) is 11.5 Å². The average molecular weight is 451 g/mol. The van der Waals surface area contributed by atoms with E-state index in [-0.39, 0.29) is 6.10 Å². The second-order valence-corrected chi connectivity index (χ2v) is 8.05. The van der Waals surface area contributed by atoms with E-state index in [1.165, 1.54) is 7.11 Å². The molecule has 0 radical (unpaired) electrons. The fraction of sp³-hybridized carbons (Fsp3) is 0.520. The van der Waals surface area contributed by atoms with Crippen LogP contribution in [0, 0.1) is 6.92 Å². The van der Waals surface area contributed by atoms with Crippen molar-refractivity contribution in [3.63, 3.8) is 0 Å². The minimum atomic E-state index is -0.806. The van der Waals surface area contributed by atoms with Gasteiger partial charge in [-0.15, -0.1) is 0 Å². The van der Waals surface area contributed by atoms with Gasteiger partial charge in [0.25, 0.3) is 0 Å². The van der Waals surface area contributed by atoms with E-state index >= 15 is 0 Å². The monoisotopic (exact) mass is 450 g/mol. The number of aliphatic hydroxyl groups is 4. The summed E-state index contributed by atoms with van der Waals surface area (Å²) in [6, 6.07) is 3.57. The second-order valence-electron chi connectivity index (χ2n) is 8.05. The molecule has 0 spiro atoms. The summed E-state index contributed by atoms with van der Waals surface area (Å²) < 4.78 is 16.9. The lowest BCUT2D eigenvalue weighted by atomic mass is 10.0. The van der Waals surface area contributed by atoms with Crippen LogP contribution in [0.25, 0.3) is 0 Å². The van der Waals surface area contributed by atoms with Gasteiger partial charge in [-0.2, -0.15) is 0 Å². The van der Waals surface area contributed by atoms with Gasteiger partial charge in [0.2, 0.25) is 0 Å².